The minimum atomic E-state index is -0.134. The molecule has 3 unspecified atom stereocenters. The number of hydrogen-bond donors (Lipinski definition) is 1. The first kappa shape index (κ1) is 18.8. The number of ether oxygens (including phenoxy) is 1. The number of pyridine rings is 1. The summed E-state index contributed by atoms with van der Waals surface area (Å²) in [7, 11) is 1.65. The number of aliphatic hydroxyl groups excluding tert-OH is 1. The highest BCUT2D eigenvalue weighted by Gasteiger charge is 2.38. The van der Waals surface area contributed by atoms with Crippen molar-refractivity contribution in [2.24, 2.45) is 11.8 Å². The third-order valence-electron chi connectivity index (χ3n) is 6.31. The van der Waals surface area contributed by atoms with Gasteiger partial charge >= 0.3 is 0 Å². The molecule has 0 spiro atoms. The fourth-order valence-corrected chi connectivity index (χ4v) is 5.58. The van der Waals surface area contributed by atoms with Crippen LogP contribution in [0.4, 0.5) is 5.13 Å². The predicted octanol–water partition coefficient (Wildman–Crippen LogP) is 3.58. The number of nitrogens with zero attached hydrogens (tertiary/aromatic N) is 5. The molecular weight excluding hydrogens is 386 g/mol. The van der Waals surface area contributed by atoms with E-state index in [0.717, 1.165) is 59.4 Å². The molecule has 3 aromatic heterocycles. The second-order valence-corrected chi connectivity index (χ2v) is 9.50. The molecule has 1 aliphatic heterocycles. The highest BCUT2D eigenvalue weighted by atomic mass is 32.1. The molecule has 8 heteroatoms. The highest BCUT2D eigenvalue weighted by molar-refractivity contribution is 7.20. The Hall–Kier alpha value is -2.19. The first-order valence-electron chi connectivity index (χ1n) is 10.4. The van der Waals surface area contributed by atoms with E-state index in [4.69, 9.17) is 9.84 Å². The van der Waals surface area contributed by atoms with E-state index in [9.17, 15) is 5.11 Å². The van der Waals surface area contributed by atoms with Crippen molar-refractivity contribution in [1.82, 2.24) is 19.6 Å². The van der Waals surface area contributed by atoms with Gasteiger partial charge in [-0.25, -0.2) is 14.5 Å². The van der Waals surface area contributed by atoms with Crippen molar-refractivity contribution < 1.29 is 9.84 Å². The van der Waals surface area contributed by atoms with Crippen LogP contribution < -0.4 is 9.64 Å². The van der Waals surface area contributed by atoms with Crippen LogP contribution in [0.25, 0.3) is 16.2 Å². The lowest BCUT2D eigenvalue weighted by atomic mass is 9.80. The van der Waals surface area contributed by atoms with Crippen molar-refractivity contribution in [3.8, 4) is 17.1 Å². The summed E-state index contributed by atoms with van der Waals surface area (Å²) >= 11 is 1.62. The summed E-state index contributed by atoms with van der Waals surface area (Å²) in [4.78, 5) is 12.5. The van der Waals surface area contributed by atoms with Gasteiger partial charge in [0.15, 0.2) is 0 Å². The maximum absolute atomic E-state index is 10.00. The molecular formula is C21H27N5O2S. The molecule has 2 aliphatic rings. The lowest BCUT2D eigenvalue weighted by Crippen LogP contribution is -2.26. The van der Waals surface area contributed by atoms with E-state index < -0.39 is 0 Å². The van der Waals surface area contributed by atoms with Crippen LogP contribution in [0.1, 0.15) is 44.7 Å². The fourth-order valence-electron chi connectivity index (χ4n) is 4.68. The molecule has 0 bridgehead atoms. The molecule has 3 aromatic rings. The van der Waals surface area contributed by atoms with Crippen LogP contribution in [-0.2, 0) is 0 Å². The van der Waals surface area contributed by atoms with Crippen LogP contribution in [0.2, 0.25) is 0 Å². The zero-order chi connectivity index (χ0) is 20.1. The summed E-state index contributed by atoms with van der Waals surface area (Å²) in [6, 6.07) is 4.10. The van der Waals surface area contributed by atoms with Gasteiger partial charge in [0.2, 0.25) is 16.0 Å². The molecule has 5 rings (SSSR count). The van der Waals surface area contributed by atoms with E-state index in [2.05, 4.69) is 34.8 Å². The average molecular weight is 414 g/mol. The Balaban J connectivity index is 1.47. The van der Waals surface area contributed by atoms with Crippen molar-refractivity contribution in [2.45, 2.75) is 45.1 Å². The average Bonchev–Trinajstić information content (AvgIpc) is 3.40. The smallest absolute Gasteiger partial charge is 0.222 e. The van der Waals surface area contributed by atoms with E-state index in [-0.39, 0.29) is 6.10 Å². The van der Waals surface area contributed by atoms with E-state index >= 15 is 0 Å². The largest absolute Gasteiger partial charge is 0.480 e. The topological polar surface area (TPSA) is 75.8 Å². The summed E-state index contributed by atoms with van der Waals surface area (Å²) in [6.07, 6.45) is 4.67. The third kappa shape index (κ3) is 3.28. The Morgan fingerprint density at radius 1 is 1.21 bits per heavy atom. The molecule has 3 atom stereocenters. The molecule has 0 radical (unpaired) electrons. The minimum Gasteiger partial charge on any atom is -0.480 e. The maximum Gasteiger partial charge on any atom is 0.222 e. The lowest BCUT2D eigenvalue weighted by Gasteiger charge is -2.27. The zero-order valence-corrected chi connectivity index (χ0v) is 17.9. The fraction of sp³-hybridized carbons (Fsp3) is 0.571. The number of rotatable bonds is 4. The van der Waals surface area contributed by atoms with Crippen molar-refractivity contribution in [3.63, 3.8) is 0 Å². The van der Waals surface area contributed by atoms with E-state index in [1.54, 1.807) is 18.4 Å². The van der Waals surface area contributed by atoms with Gasteiger partial charge in [-0.2, -0.15) is 0 Å². The van der Waals surface area contributed by atoms with Gasteiger partial charge < -0.3 is 14.7 Å². The van der Waals surface area contributed by atoms with Crippen molar-refractivity contribution >= 4 is 21.4 Å². The van der Waals surface area contributed by atoms with Gasteiger partial charge in [-0.1, -0.05) is 25.2 Å². The monoisotopic (exact) mass is 413 g/mol. The minimum absolute atomic E-state index is 0.134. The van der Waals surface area contributed by atoms with E-state index in [1.807, 2.05) is 16.8 Å². The second kappa shape index (κ2) is 7.25. The molecule has 0 amide bonds. The summed E-state index contributed by atoms with van der Waals surface area (Å²) in [6.45, 7) is 6.24. The summed E-state index contributed by atoms with van der Waals surface area (Å²) < 4.78 is 7.49. The molecule has 29 heavy (non-hydrogen) atoms. The Morgan fingerprint density at radius 2 is 2.03 bits per heavy atom. The summed E-state index contributed by atoms with van der Waals surface area (Å²) in [5, 5.41) is 15.9. The molecule has 2 fully saturated rings. The first-order valence-corrected chi connectivity index (χ1v) is 11.2. The molecule has 7 nitrogen and oxygen atoms in total. The normalized spacial score (nSPS) is 24.4. The predicted molar refractivity (Wildman–Crippen MR) is 114 cm³/mol. The van der Waals surface area contributed by atoms with Crippen LogP contribution in [0.3, 0.4) is 0 Å². The molecule has 1 saturated heterocycles. The number of hydrogen-bond acceptors (Lipinski definition) is 7. The Kier molecular flexibility index (Phi) is 4.70. The maximum atomic E-state index is 10.00. The van der Waals surface area contributed by atoms with Crippen LogP contribution in [0.15, 0.2) is 18.3 Å². The standard InChI is InChI=1S/C21H27N5O2S/c1-12(2)17-7-6-16(19(23-17)28-3)18-9-22-20-26(18)24-21(29-20)25-10-13-4-5-15(27)8-14(13)11-25/h6-7,9,12-15,27H,4-5,8,10-11H2,1-3H3. The van der Waals surface area contributed by atoms with Crippen LogP contribution in [-0.4, -0.2) is 51.0 Å². The summed E-state index contributed by atoms with van der Waals surface area (Å²) in [5.74, 6) is 2.18. The highest BCUT2D eigenvalue weighted by Crippen LogP contribution is 2.40. The molecule has 1 aliphatic carbocycles. The van der Waals surface area contributed by atoms with Gasteiger partial charge in [0.05, 0.1) is 30.7 Å². The molecule has 154 valence electrons. The molecule has 0 aromatic carbocycles. The lowest BCUT2D eigenvalue weighted by molar-refractivity contribution is 0.0867. The number of anilines is 1. The Morgan fingerprint density at radius 3 is 2.83 bits per heavy atom. The zero-order valence-electron chi connectivity index (χ0n) is 17.1. The number of aliphatic hydroxyl groups is 1. The van der Waals surface area contributed by atoms with Gasteiger partial charge in [-0.15, -0.1) is 5.10 Å². The van der Waals surface area contributed by atoms with Crippen LogP contribution >= 0.6 is 11.3 Å². The summed E-state index contributed by atoms with van der Waals surface area (Å²) in [5.41, 5.74) is 2.81. The number of imidazole rings is 1. The Labute approximate surface area is 174 Å². The van der Waals surface area contributed by atoms with Gasteiger partial charge in [0, 0.05) is 18.8 Å². The number of aromatic nitrogens is 4. The Bertz CT molecular complexity index is 1030. The van der Waals surface area contributed by atoms with Crippen molar-refractivity contribution in [2.75, 3.05) is 25.1 Å². The first-order chi connectivity index (χ1) is 14.0. The van der Waals surface area contributed by atoms with Gasteiger partial charge in [-0.3, -0.25) is 0 Å². The SMILES string of the molecule is COc1nc(C(C)C)ccc1-c1cnc2sc(N3CC4CCC(O)CC4C3)nn12. The number of fused-ring (bicyclic) bond motifs is 2. The van der Waals surface area contributed by atoms with Gasteiger partial charge in [0.1, 0.15) is 0 Å². The van der Waals surface area contributed by atoms with E-state index in [0.29, 0.717) is 23.6 Å². The molecule has 4 heterocycles. The van der Waals surface area contributed by atoms with Crippen LogP contribution in [0, 0.1) is 11.8 Å². The molecule has 1 saturated carbocycles. The van der Waals surface area contributed by atoms with Gasteiger partial charge in [0.25, 0.3) is 0 Å². The second-order valence-electron chi connectivity index (χ2n) is 8.56. The molecule has 1 N–H and O–H groups in total. The number of methoxy groups -OCH3 is 1. The van der Waals surface area contributed by atoms with Crippen molar-refractivity contribution in [1.29, 1.82) is 0 Å². The quantitative estimate of drug-likeness (QED) is 0.705. The van der Waals surface area contributed by atoms with E-state index in [1.165, 1.54) is 0 Å². The van der Waals surface area contributed by atoms with Crippen molar-refractivity contribution in [3.05, 3.63) is 24.0 Å². The van der Waals surface area contributed by atoms with Crippen LogP contribution in [0.5, 0.6) is 5.88 Å². The van der Waals surface area contributed by atoms with Gasteiger partial charge in [-0.05, 0) is 49.1 Å². The third-order valence-corrected chi connectivity index (χ3v) is 7.29.